The highest BCUT2D eigenvalue weighted by Gasteiger charge is 2.14. The Kier molecular flexibility index (Phi) is 6.55. The van der Waals surface area contributed by atoms with Gasteiger partial charge >= 0.3 is 6.61 Å². The average Bonchev–Trinajstić information content (AvgIpc) is 3.10. The van der Waals surface area contributed by atoms with E-state index in [4.69, 9.17) is 5.11 Å². The van der Waals surface area contributed by atoms with Crippen LogP contribution in [0.15, 0.2) is 54.9 Å². The lowest BCUT2D eigenvalue weighted by Gasteiger charge is -2.13. The summed E-state index contributed by atoms with van der Waals surface area (Å²) < 4.78 is 32.2. The zero-order valence-electron chi connectivity index (χ0n) is 17.5. The third-order valence-electron chi connectivity index (χ3n) is 5.06. The molecule has 166 valence electrons. The van der Waals surface area contributed by atoms with Gasteiger partial charge in [0.05, 0.1) is 17.6 Å². The maximum atomic E-state index is 12.8. The Morgan fingerprint density at radius 1 is 1.09 bits per heavy atom. The number of aryl methyl sites for hydroxylation is 1. The van der Waals surface area contributed by atoms with Crippen LogP contribution in [0.25, 0.3) is 22.2 Å². The predicted molar refractivity (Wildman–Crippen MR) is 118 cm³/mol. The number of nitrogens with zero attached hydrogens (tertiary/aromatic N) is 4. The van der Waals surface area contributed by atoms with Crippen LogP contribution in [0.5, 0.6) is 5.75 Å². The number of aliphatic hydroxyl groups is 1. The van der Waals surface area contributed by atoms with Crippen LogP contribution < -0.4 is 10.1 Å². The number of benzene rings is 2. The van der Waals surface area contributed by atoms with E-state index in [-0.39, 0.29) is 12.4 Å². The number of hydrogen-bond acceptors (Lipinski definition) is 6. The summed E-state index contributed by atoms with van der Waals surface area (Å²) in [7, 11) is 0. The van der Waals surface area contributed by atoms with Gasteiger partial charge in [-0.05, 0) is 37.1 Å². The number of nitrogens with one attached hydrogen (secondary N) is 1. The van der Waals surface area contributed by atoms with Crippen molar-refractivity contribution in [3.63, 3.8) is 0 Å². The van der Waals surface area contributed by atoms with Gasteiger partial charge in [0.2, 0.25) is 5.95 Å². The highest BCUT2D eigenvalue weighted by atomic mass is 19.3. The summed E-state index contributed by atoms with van der Waals surface area (Å²) in [6.07, 6.45) is 4.08. The van der Waals surface area contributed by atoms with Crippen molar-refractivity contribution in [3.8, 4) is 16.9 Å². The molecule has 0 saturated heterocycles. The minimum atomic E-state index is -2.88. The van der Waals surface area contributed by atoms with Crippen molar-refractivity contribution in [2.45, 2.75) is 26.5 Å². The summed E-state index contributed by atoms with van der Waals surface area (Å²) in [4.78, 5) is 13.3. The zero-order valence-corrected chi connectivity index (χ0v) is 17.5. The number of anilines is 1. The van der Waals surface area contributed by atoms with Gasteiger partial charge < -0.3 is 19.7 Å². The van der Waals surface area contributed by atoms with Crippen LogP contribution in [0.2, 0.25) is 0 Å². The monoisotopic (exact) mass is 439 g/mol. The first-order valence-electron chi connectivity index (χ1n) is 10.2. The molecule has 0 aliphatic carbocycles. The smallest absolute Gasteiger partial charge is 0.387 e. The third-order valence-corrected chi connectivity index (χ3v) is 5.06. The molecule has 0 amide bonds. The fourth-order valence-corrected chi connectivity index (χ4v) is 3.49. The summed E-state index contributed by atoms with van der Waals surface area (Å²) >= 11 is 0. The van der Waals surface area contributed by atoms with Gasteiger partial charge in [-0.1, -0.05) is 24.3 Å². The maximum Gasteiger partial charge on any atom is 0.387 e. The number of aromatic nitrogens is 4. The van der Waals surface area contributed by atoms with Gasteiger partial charge in [0.15, 0.2) is 0 Å². The molecule has 0 saturated carbocycles. The molecule has 2 N–H and O–H groups in total. The Morgan fingerprint density at radius 2 is 1.88 bits per heavy atom. The predicted octanol–water partition coefficient (Wildman–Crippen LogP) is 4.25. The number of alkyl halides is 2. The van der Waals surface area contributed by atoms with Crippen molar-refractivity contribution in [1.82, 2.24) is 19.5 Å². The Balaban J connectivity index is 1.63. The summed E-state index contributed by atoms with van der Waals surface area (Å²) in [5.74, 6) is 1.42. The lowest BCUT2D eigenvalue weighted by atomic mass is 10.1. The Morgan fingerprint density at radius 3 is 2.62 bits per heavy atom. The first-order valence-corrected chi connectivity index (χ1v) is 10.2. The van der Waals surface area contributed by atoms with E-state index in [1.165, 1.54) is 6.07 Å². The van der Waals surface area contributed by atoms with Crippen LogP contribution in [-0.2, 0) is 6.54 Å². The van der Waals surface area contributed by atoms with Crippen LogP contribution in [-0.4, -0.2) is 44.4 Å². The molecule has 4 rings (SSSR count). The summed E-state index contributed by atoms with van der Waals surface area (Å²) in [6.45, 7) is 0.0449. The molecule has 2 aromatic heterocycles. The topological polar surface area (TPSA) is 85.1 Å². The van der Waals surface area contributed by atoms with Crippen LogP contribution in [0.3, 0.4) is 0 Å². The van der Waals surface area contributed by atoms with Crippen LogP contribution >= 0.6 is 0 Å². The average molecular weight is 439 g/mol. The molecule has 0 radical (unpaired) electrons. The molecule has 7 nitrogen and oxygen atoms in total. The zero-order chi connectivity index (χ0) is 22.5. The highest BCUT2D eigenvalue weighted by molar-refractivity contribution is 5.82. The van der Waals surface area contributed by atoms with Crippen molar-refractivity contribution >= 4 is 17.0 Å². The van der Waals surface area contributed by atoms with E-state index in [2.05, 4.69) is 25.0 Å². The molecule has 9 heteroatoms. The minimum absolute atomic E-state index is 0.108. The number of ether oxygens (including phenoxy) is 1. The van der Waals surface area contributed by atoms with Crippen molar-refractivity contribution in [3.05, 3.63) is 66.2 Å². The van der Waals surface area contributed by atoms with E-state index in [0.29, 0.717) is 31.0 Å². The van der Waals surface area contributed by atoms with E-state index in [1.807, 2.05) is 29.7 Å². The third kappa shape index (κ3) is 4.83. The lowest BCUT2D eigenvalue weighted by molar-refractivity contribution is -0.0504. The number of aliphatic hydroxyl groups excluding tert-OH is 1. The molecule has 2 aromatic carbocycles. The van der Waals surface area contributed by atoms with Crippen LogP contribution in [0.1, 0.15) is 17.8 Å². The molecule has 4 aromatic rings. The number of hydrogen-bond donors (Lipinski definition) is 2. The molecule has 0 atom stereocenters. The van der Waals surface area contributed by atoms with Gasteiger partial charge in [-0.3, -0.25) is 0 Å². The van der Waals surface area contributed by atoms with E-state index >= 15 is 0 Å². The van der Waals surface area contributed by atoms with Gasteiger partial charge in [-0.2, -0.15) is 8.78 Å². The number of halogens is 2. The molecule has 2 heterocycles. The number of fused-ring (bicyclic) bond motifs is 1. The standard InChI is InChI=1S/C23H23F2N5O2/c1-15-29-19-8-7-16(18-12-27-23(28-13-18)26-9-4-10-31)11-20(19)30(15)14-17-5-2-3-6-21(17)32-22(24)25/h2-3,5-8,11-13,22,31H,4,9-10,14H2,1H3,(H,26,27,28). The SMILES string of the molecule is Cc1nc2ccc(-c3cnc(NCCCO)nc3)cc2n1Cc1ccccc1OC(F)F. The molecular formula is C23H23F2N5O2. The fraction of sp³-hybridized carbons (Fsp3) is 0.261. The van der Waals surface area contributed by atoms with Gasteiger partial charge in [0.1, 0.15) is 11.6 Å². The molecule has 32 heavy (non-hydrogen) atoms. The number of imidazole rings is 1. The second-order valence-corrected chi connectivity index (χ2v) is 7.23. The Hall–Kier alpha value is -3.59. The van der Waals surface area contributed by atoms with Crippen LogP contribution in [0.4, 0.5) is 14.7 Å². The molecule has 0 aliphatic heterocycles. The summed E-state index contributed by atoms with van der Waals surface area (Å²) in [5, 5.41) is 11.9. The van der Waals surface area contributed by atoms with Gasteiger partial charge in [-0.25, -0.2) is 15.0 Å². The quantitative estimate of drug-likeness (QED) is 0.380. The maximum absolute atomic E-state index is 12.8. The van der Waals surface area contributed by atoms with Crippen molar-refractivity contribution in [2.75, 3.05) is 18.5 Å². The first kappa shape index (κ1) is 21.6. The molecule has 0 bridgehead atoms. The highest BCUT2D eigenvalue weighted by Crippen LogP contribution is 2.27. The van der Waals surface area contributed by atoms with Gasteiger partial charge in [0, 0.05) is 36.7 Å². The van der Waals surface area contributed by atoms with Crippen molar-refractivity contribution < 1.29 is 18.6 Å². The summed E-state index contributed by atoms with van der Waals surface area (Å²) in [5.41, 5.74) is 4.07. The summed E-state index contributed by atoms with van der Waals surface area (Å²) in [6, 6.07) is 12.6. The van der Waals surface area contributed by atoms with Crippen LogP contribution in [0, 0.1) is 6.92 Å². The largest absolute Gasteiger partial charge is 0.434 e. The van der Waals surface area contributed by atoms with Crippen molar-refractivity contribution in [2.24, 2.45) is 0 Å². The van der Waals surface area contributed by atoms with E-state index in [9.17, 15) is 8.78 Å². The molecule has 0 spiro atoms. The van der Waals surface area contributed by atoms with E-state index in [0.717, 1.165) is 28.0 Å². The molecular weight excluding hydrogens is 416 g/mol. The van der Waals surface area contributed by atoms with Gasteiger partial charge in [-0.15, -0.1) is 0 Å². The van der Waals surface area contributed by atoms with Gasteiger partial charge in [0.25, 0.3) is 0 Å². The lowest BCUT2D eigenvalue weighted by Crippen LogP contribution is -2.08. The van der Waals surface area contributed by atoms with E-state index in [1.54, 1.807) is 30.6 Å². The second kappa shape index (κ2) is 9.69. The molecule has 0 aliphatic rings. The number of rotatable bonds is 9. The Bertz CT molecular complexity index is 1190. The normalized spacial score (nSPS) is 11.3. The Labute approximate surface area is 183 Å². The van der Waals surface area contributed by atoms with E-state index < -0.39 is 6.61 Å². The molecule has 0 fully saturated rings. The van der Waals surface area contributed by atoms with Crippen molar-refractivity contribution in [1.29, 1.82) is 0 Å². The first-order chi connectivity index (χ1) is 15.5. The minimum Gasteiger partial charge on any atom is -0.434 e. The number of para-hydroxylation sites is 1. The fourth-order valence-electron chi connectivity index (χ4n) is 3.49. The second-order valence-electron chi connectivity index (χ2n) is 7.23. The molecule has 0 unspecified atom stereocenters.